The predicted molar refractivity (Wildman–Crippen MR) is 64.6 cm³/mol. The molecule has 5 atom stereocenters. The Morgan fingerprint density at radius 2 is 1.33 bits per heavy atom. The van der Waals surface area contributed by atoms with Gasteiger partial charge < -0.3 is 29.2 Å². The summed E-state index contributed by atoms with van der Waals surface area (Å²) in [6.45, 7) is 2.71. The van der Waals surface area contributed by atoms with Gasteiger partial charge in [-0.2, -0.15) is 0 Å². The molecule has 9 heteroatoms. The molecular weight excluding hydrogens is 288 g/mol. The van der Waals surface area contributed by atoms with E-state index < -0.39 is 55.2 Å². The van der Waals surface area contributed by atoms with Gasteiger partial charge in [-0.1, -0.05) is 0 Å². The molecule has 1 aliphatic heterocycles. The Hall–Kier alpha value is -1.71. The van der Waals surface area contributed by atoms with Crippen molar-refractivity contribution in [3.05, 3.63) is 0 Å². The van der Waals surface area contributed by atoms with Gasteiger partial charge >= 0.3 is 17.9 Å². The van der Waals surface area contributed by atoms with Gasteiger partial charge in [-0.15, -0.1) is 0 Å². The first kappa shape index (κ1) is 17.3. The number of esters is 3. The normalized spacial score (nSPS) is 32.1. The maximum Gasteiger partial charge on any atom is 0.303 e. The molecule has 0 bridgehead atoms. The third-order valence-corrected chi connectivity index (χ3v) is 2.70. The van der Waals surface area contributed by atoms with E-state index in [1.54, 1.807) is 0 Å². The van der Waals surface area contributed by atoms with Crippen molar-refractivity contribution in [1.29, 1.82) is 0 Å². The number of aliphatic hydroxyl groups excluding tert-OH is 2. The van der Waals surface area contributed by atoms with Crippen LogP contribution in [0.4, 0.5) is 0 Å². The Balaban J connectivity index is 3.08. The SMILES string of the molecule is CC(=O)O[C@H]1[C@H](OC(C)=O)[C@@H](OC(C)=O)C(O)O[C@@H]1CO. The highest BCUT2D eigenvalue weighted by atomic mass is 16.7. The van der Waals surface area contributed by atoms with E-state index in [1.807, 2.05) is 0 Å². The van der Waals surface area contributed by atoms with Crippen LogP contribution >= 0.6 is 0 Å². The van der Waals surface area contributed by atoms with Crippen molar-refractivity contribution in [2.45, 2.75) is 51.5 Å². The average Bonchev–Trinajstić information content (AvgIpc) is 2.35. The summed E-state index contributed by atoms with van der Waals surface area (Å²) in [6, 6.07) is 0. The number of ether oxygens (including phenoxy) is 4. The molecule has 0 aromatic heterocycles. The molecule has 1 unspecified atom stereocenters. The number of aliphatic hydroxyl groups is 2. The maximum absolute atomic E-state index is 11.2. The van der Waals surface area contributed by atoms with Gasteiger partial charge in [0.15, 0.2) is 24.6 Å². The first-order valence-corrected chi connectivity index (χ1v) is 6.22. The Morgan fingerprint density at radius 1 is 0.905 bits per heavy atom. The highest BCUT2D eigenvalue weighted by Crippen LogP contribution is 2.27. The first-order valence-electron chi connectivity index (χ1n) is 6.22. The van der Waals surface area contributed by atoms with Crippen molar-refractivity contribution in [1.82, 2.24) is 0 Å². The van der Waals surface area contributed by atoms with Crippen LogP contribution in [0.15, 0.2) is 0 Å². The molecule has 0 amide bonds. The maximum atomic E-state index is 11.2. The lowest BCUT2D eigenvalue weighted by atomic mass is 9.98. The molecule has 9 nitrogen and oxygen atoms in total. The van der Waals surface area contributed by atoms with Gasteiger partial charge in [-0.05, 0) is 0 Å². The number of carbonyl (C=O) groups excluding carboxylic acids is 3. The molecule has 1 saturated heterocycles. The number of hydrogen-bond donors (Lipinski definition) is 2. The second-order valence-corrected chi connectivity index (χ2v) is 4.47. The molecule has 2 N–H and O–H groups in total. The van der Waals surface area contributed by atoms with Crippen LogP contribution in [0.25, 0.3) is 0 Å². The van der Waals surface area contributed by atoms with Gasteiger partial charge in [0.1, 0.15) is 6.10 Å². The Morgan fingerprint density at radius 3 is 1.76 bits per heavy atom. The van der Waals surface area contributed by atoms with Crippen LogP contribution in [0.2, 0.25) is 0 Å². The molecule has 1 heterocycles. The second kappa shape index (κ2) is 7.34. The van der Waals surface area contributed by atoms with Crippen LogP contribution in [0.3, 0.4) is 0 Å². The molecule has 1 rings (SSSR count). The van der Waals surface area contributed by atoms with E-state index in [2.05, 4.69) is 0 Å². The van der Waals surface area contributed by atoms with E-state index in [-0.39, 0.29) is 0 Å². The van der Waals surface area contributed by atoms with Gasteiger partial charge in [0.05, 0.1) is 6.61 Å². The van der Waals surface area contributed by atoms with E-state index >= 15 is 0 Å². The smallest absolute Gasteiger partial charge is 0.303 e. The molecular formula is C12H18O9. The van der Waals surface area contributed by atoms with Crippen molar-refractivity contribution in [3.8, 4) is 0 Å². The van der Waals surface area contributed by atoms with E-state index in [4.69, 9.17) is 18.9 Å². The zero-order valence-electron chi connectivity index (χ0n) is 11.8. The monoisotopic (exact) mass is 306 g/mol. The minimum Gasteiger partial charge on any atom is -0.456 e. The molecule has 0 aliphatic carbocycles. The Kier molecular flexibility index (Phi) is 6.06. The molecule has 0 aromatic carbocycles. The van der Waals surface area contributed by atoms with E-state index in [0.29, 0.717) is 0 Å². The largest absolute Gasteiger partial charge is 0.456 e. The third kappa shape index (κ3) is 4.66. The molecule has 0 aromatic rings. The summed E-state index contributed by atoms with van der Waals surface area (Å²) in [6.07, 6.45) is -6.65. The van der Waals surface area contributed by atoms with Crippen molar-refractivity contribution in [2.75, 3.05) is 6.61 Å². The molecule has 21 heavy (non-hydrogen) atoms. The lowest BCUT2D eigenvalue weighted by Crippen LogP contribution is -2.62. The molecule has 120 valence electrons. The van der Waals surface area contributed by atoms with E-state index in [0.717, 1.165) is 20.8 Å². The van der Waals surface area contributed by atoms with Gasteiger partial charge in [0.25, 0.3) is 0 Å². The van der Waals surface area contributed by atoms with Crippen LogP contribution in [-0.4, -0.2) is 65.4 Å². The molecule has 0 saturated carbocycles. The fourth-order valence-electron chi connectivity index (χ4n) is 2.02. The summed E-state index contributed by atoms with van der Waals surface area (Å²) < 4.78 is 19.8. The third-order valence-electron chi connectivity index (χ3n) is 2.70. The average molecular weight is 306 g/mol. The number of rotatable bonds is 4. The van der Waals surface area contributed by atoms with E-state index in [1.165, 1.54) is 0 Å². The summed E-state index contributed by atoms with van der Waals surface area (Å²) >= 11 is 0. The highest BCUT2D eigenvalue weighted by Gasteiger charge is 2.51. The topological polar surface area (TPSA) is 129 Å². The van der Waals surface area contributed by atoms with Crippen molar-refractivity contribution >= 4 is 17.9 Å². The Labute approximate surface area is 120 Å². The fraction of sp³-hybridized carbons (Fsp3) is 0.750. The van der Waals surface area contributed by atoms with Crippen LogP contribution in [0, 0.1) is 0 Å². The predicted octanol–water partition coefficient (Wildman–Crippen LogP) is -1.51. The quantitative estimate of drug-likeness (QED) is 0.470. The van der Waals surface area contributed by atoms with Crippen molar-refractivity contribution in [3.63, 3.8) is 0 Å². The van der Waals surface area contributed by atoms with Crippen LogP contribution < -0.4 is 0 Å². The van der Waals surface area contributed by atoms with Crippen LogP contribution in [0.1, 0.15) is 20.8 Å². The summed E-state index contributed by atoms with van der Waals surface area (Å²) in [5, 5.41) is 19.0. The molecule has 0 spiro atoms. The number of hydrogen-bond acceptors (Lipinski definition) is 9. The Bertz CT molecular complexity index is 408. The summed E-state index contributed by atoms with van der Waals surface area (Å²) in [5.41, 5.74) is 0. The van der Waals surface area contributed by atoms with Gasteiger partial charge in [0, 0.05) is 20.8 Å². The summed E-state index contributed by atoms with van der Waals surface area (Å²) in [4.78, 5) is 33.4. The van der Waals surface area contributed by atoms with Gasteiger partial charge in [-0.25, -0.2) is 0 Å². The number of carbonyl (C=O) groups is 3. The molecule has 0 radical (unpaired) electrons. The van der Waals surface area contributed by atoms with Crippen LogP contribution in [-0.2, 0) is 33.3 Å². The summed E-state index contributed by atoms with van der Waals surface area (Å²) in [5.74, 6) is -2.19. The lowest BCUT2D eigenvalue weighted by molar-refractivity contribution is -0.295. The standard InChI is InChI=1S/C12H18O9/c1-5(14)18-9-8(4-13)21-12(17)11(20-7(3)16)10(9)19-6(2)15/h8-13,17H,4H2,1-3H3/t8-,9-,10+,11-,12?/m1/s1. The van der Waals surface area contributed by atoms with Gasteiger partial charge in [-0.3, -0.25) is 14.4 Å². The highest BCUT2D eigenvalue weighted by molar-refractivity contribution is 5.68. The second-order valence-electron chi connectivity index (χ2n) is 4.47. The van der Waals surface area contributed by atoms with E-state index in [9.17, 15) is 24.6 Å². The zero-order chi connectivity index (χ0) is 16.2. The van der Waals surface area contributed by atoms with Crippen LogP contribution in [0.5, 0.6) is 0 Å². The zero-order valence-corrected chi connectivity index (χ0v) is 11.8. The van der Waals surface area contributed by atoms with Crippen molar-refractivity contribution < 1.29 is 43.5 Å². The molecule has 1 fully saturated rings. The summed E-state index contributed by atoms with van der Waals surface area (Å²) in [7, 11) is 0. The molecule has 1 aliphatic rings. The minimum absolute atomic E-state index is 0.598. The van der Waals surface area contributed by atoms with Crippen molar-refractivity contribution in [2.24, 2.45) is 0 Å². The lowest BCUT2D eigenvalue weighted by Gasteiger charge is -2.42. The first-order chi connectivity index (χ1) is 9.76. The van der Waals surface area contributed by atoms with Gasteiger partial charge in [0.2, 0.25) is 0 Å². The fourth-order valence-corrected chi connectivity index (χ4v) is 2.02. The minimum atomic E-state index is -1.64.